The van der Waals surface area contributed by atoms with E-state index in [9.17, 15) is 9.18 Å². The molecule has 0 saturated heterocycles. The topological polar surface area (TPSA) is 58.2 Å². The number of aromatic amines is 1. The Kier molecular flexibility index (Phi) is 6.40. The average Bonchev–Trinajstić information content (AvgIpc) is 3.49. The van der Waals surface area contributed by atoms with Crippen LogP contribution in [-0.4, -0.2) is 21.0 Å². The van der Waals surface area contributed by atoms with Crippen LogP contribution in [0.5, 0.6) is 5.75 Å². The van der Waals surface area contributed by atoms with Gasteiger partial charge in [0.25, 0.3) is 5.91 Å². The van der Waals surface area contributed by atoms with Gasteiger partial charge in [0.05, 0.1) is 11.7 Å². The number of amides is 1. The van der Waals surface area contributed by atoms with Crippen LogP contribution in [0.4, 0.5) is 4.39 Å². The first-order valence-electron chi connectivity index (χ1n) is 12.2. The number of hydrogen-bond acceptors (Lipinski definition) is 3. The number of aromatic nitrogens is 2. The molecule has 0 spiro atoms. The first-order chi connectivity index (χ1) is 18.6. The van der Waals surface area contributed by atoms with Crippen molar-refractivity contribution in [3.63, 3.8) is 0 Å². The summed E-state index contributed by atoms with van der Waals surface area (Å²) in [7, 11) is 0. The van der Waals surface area contributed by atoms with Gasteiger partial charge in [-0.15, -0.1) is 0 Å². The van der Waals surface area contributed by atoms with Crippen LogP contribution in [0.3, 0.4) is 0 Å². The number of nitrogens with one attached hydrogen (secondary N) is 1. The minimum atomic E-state index is -0.380. The first-order valence-corrected chi connectivity index (χ1v) is 12.6. The van der Waals surface area contributed by atoms with E-state index >= 15 is 0 Å². The Morgan fingerprint density at radius 1 is 0.895 bits per heavy atom. The first kappa shape index (κ1) is 23.9. The second kappa shape index (κ2) is 10.1. The average molecular weight is 524 g/mol. The minimum absolute atomic E-state index is 0.150. The normalized spacial score (nSPS) is 14.5. The standard InChI is InChI=1S/C31H23ClFN3O2/c32-26-9-5-4-8-23(26)19-38-25-16-12-22(13-17-25)30-27-28(21-6-2-1-3-7-21)34-35-29(27)31(37)36(30)18-20-10-14-24(33)15-11-20/h1-17,30H,18-19H2,(H,34,35). The quantitative estimate of drug-likeness (QED) is 0.245. The van der Waals surface area contributed by atoms with Gasteiger partial charge >= 0.3 is 0 Å². The molecule has 7 heteroatoms. The summed E-state index contributed by atoms with van der Waals surface area (Å²) in [5, 5.41) is 8.15. The molecule has 0 radical (unpaired) electrons. The van der Waals surface area contributed by atoms with Crippen molar-refractivity contribution in [1.82, 2.24) is 15.1 Å². The van der Waals surface area contributed by atoms with E-state index in [1.54, 1.807) is 17.0 Å². The summed E-state index contributed by atoms with van der Waals surface area (Å²) in [6.07, 6.45) is 0. The van der Waals surface area contributed by atoms with Gasteiger partial charge in [-0.05, 0) is 41.5 Å². The minimum Gasteiger partial charge on any atom is -0.489 e. The van der Waals surface area contributed by atoms with Gasteiger partial charge in [-0.1, -0.05) is 84.4 Å². The largest absolute Gasteiger partial charge is 0.489 e. The highest BCUT2D eigenvalue weighted by Crippen LogP contribution is 2.43. The molecule has 1 aliphatic rings. The van der Waals surface area contributed by atoms with Crippen LogP contribution in [-0.2, 0) is 13.2 Å². The molecule has 1 amide bonds. The third-order valence-corrected chi connectivity index (χ3v) is 7.09. The molecule has 1 aliphatic heterocycles. The van der Waals surface area contributed by atoms with Gasteiger partial charge < -0.3 is 9.64 Å². The maximum Gasteiger partial charge on any atom is 0.273 e. The van der Waals surface area contributed by atoms with Crippen molar-refractivity contribution in [1.29, 1.82) is 0 Å². The van der Waals surface area contributed by atoms with Crippen LogP contribution in [0.2, 0.25) is 5.02 Å². The summed E-state index contributed by atoms with van der Waals surface area (Å²) in [4.78, 5) is 15.4. The molecule has 4 aromatic carbocycles. The lowest BCUT2D eigenvalue weighted by molar-refractivity contribution is 0.0730. The summed E-state index contributed by atoms with van der Waals surface area (Å²) in [5.41, 5.74) is 5.61. The number of hydrogen-bond donors (Lipinski definition) is 1. The zero-order valence-corrected chi connectivity index (χ0v) is 21.0. The Morgan fingerprint density at radius 3 is 2.34 bits per heavy atom. The number of ether oxygens (including phenoxy) is 1. The summed E-state index contributed by atoms with van der Waals surface area (Å²) in [5.74, 6) is 0.230. The molecule has 2 heterocycles. The molecule has 5 aromatic rings. The Hall–Kier alpha value is -4.42. The monoisotopic (exact) mass is 523 g/mol. The number of carbonyl (C=O) groups excluding carboxylic acids is 1. The van der Waals surface area contributed by atoms with Gasteiger partial charge in [-0.3, -0.25) is 9.89 Å². The molecule has 5 nitrogen and oxygen atoms in total. The molecular formula is C31H23ClFN3O2. The smallest absolute Gasteiger partial charge is 0.273 e. The molecule has 1 N–H and O–H groups in total. The van der Waals surface area contributed by atoms with Crippen LogP contribution >= 0.6 is 11.6 Å². The van der Waals surface area contributed by atoms with Crippen LogP contribution < -0.4 is 4.74 Å². The molecule has 0 bridgehead atoms. The molecular weight excluding hydrogens is 501 g/mol. The number of nitrogens with zero attached hydrogens (tertiary/aromatic N) is 2. The maximum absolute atomic E-state index is 13.6. The number of fused-ring (bicyclic) bond motifs is 1. The van der Waals surface area contributed by atoms with Gasteiger partial charge in [-0.25, -0.2) is 4.39 Å². The molecule has 188 valence electrons. The highest BCUT2D eigenvalue weighted by molar-refractivity contribution is 6.31. The fraction of sp³-hybridized carbons (Fsp3) is 0.0968. The van der Waals surface area contributed by atoms with E-state index in [0.29, 0.717) is 29.6 Å². The van der Waals surface area contributed by atoms with Crippen molar-refractivity contribution in [2.24, 2.45) is 0 Å². The van der Waals surface area contributed by atoms with Gasteiger partial charge in [0, 0.05) is 28.3 Å². The van der Waals surface area contributed by atoms with Crippen molar-refractivity contribution in [3.8, 4) is 17.0 Å². The predicted octanol–water partition coefficient (Wildman–Crippen LogP) is 7.19. The van der Waals surface area contributed by atoms with Gasteiger partial charge in [0.1, 0.15) is 23.9 Å². The Bertz CT molecular complexity index is 1580. The Morgan fingerprint density at radius 2 is 1.61 bits per heavy atom. The third kappa shape index (κ3) is 4.55. The van der Waals surface area contributed by atoms with Crippen molar-refractivity contribution in [3.05, 3.63) is 142 Å². The second-order valence-electron chi connectivity index (χ2n) is 9.14. The number of carbonyl (C=O) groups is 1. The van der Waals surface area contributed by atoms with Crippen molar-refractivity contribution >= 4 is 17.5 Å². The highest BCUT2D eigenvalue weighted by Gasteiger charge is 2.42. The zero-order valence-electron chi connectivity index (χ0n) is 20.3. The van der Waals surface area contributed by atoms with Gasteiger partial charge in [-0.2, -0.15) is 5.10 Å². The second-order valence-corrected chi connectivity index (χ2v) is 9.55. The molecule has 0 aliphatic carbocycles. The molecule has 1 atom stereocenters. The van der Waals surface area contributed by atoms with Crippen LogP contribution in [0.1, 0.15) is 38.8 Å². The van der Waals surface area contributed by atoms with Crippen molar-refractivity contribution in [2.75, 3.05) is 0 Å². The Labute approximate surface area is 224 Å². The van der Waals surface area contributed by atoms with Crippen LogP contribution in [0.25, 0.3) is 11.3 Å². The summed E-state index contributed by atoms with van der Waals surface area (Å²) >= 11 is 6.26. The van der Waals surface area contributed by atoms with E-state index in [0.717, 1.165) is 33.5 Å². The van der Waals surface area contributed by atoms with Crippen LogP contribution in [0.15, 0.2) is 103 Å². The molecule has 0 fully saturated rings. The summed E-state index contributed by atoms with van der Waals surface area (Å²) < 4.78 is 19.5. The highest BCUT2D eigenvalue weighted by atomic mass is 35.5. The Balaban J connectivity index is 1.35. The van der Waals surface area contributed by atoms with E-state index in [1.165, 1.54) is 12.1 Å². The van der Waals surface area contributed by atoms with Crippen LogP contribution in [0, 0.1) is 5.82 Å². The fourth-order valence-corrected chi connectivity index (χ4v) is 5.02. The molecule has 1 aromatic heterocycles. The fourth-order valence-electron chi connectivity index (χ4n) is 4.83. The predicted molar refractivity (Wildman–Crippen MR) is 144 cm³/mol. The maximum atomic E-state index is 13.6. The number of H-pyrrole nitrogens is 1. The summed E-state index contributed by atoms with van der Waals surface area (Å²) in [6.45, 7) is 0.674. The lowest BCUT2D eigenvalue weighted by Gasteiger charge is -2.26. The van der Waals surface area contributed by atoms with E-state index < -0.39 is 0 Å². The molecule has 1 unspecified atom stereocenters. The molecule has 6 rings (SSSR count). The third-order valence-electron chi connectivity index (χ3n) is 6.73. The van der Waals surface area contributed by atoms with E-state index in [2.05, 4.69) is 10.2 Å². The number of halogens is 2. The van der Waals surface area contributed by atoms with E-state index in [-0.39, 0.29) is 17.8 Å². The van der Waals surface area contributed by atoms with Crippen molar-refractivity contribution in [2.45, 2.75) is 19.2 Å². The van der Waals surface area contributed by atoms with Crippen molar-refractivity contribution < 1.29 is 13.9 Å². The molecule has 0 saturated carbocycles. The SMILES string of the molecule is O=C1c2[nH]nc(-c3ccccc3)c2C(c2ccc(OCc3ccccc3Cl)cc2)N1Cc1ccc(F)cc1. The zero-order chi connectivity index (χ0) is 26.1. The lowest BCUT2D eigenvalue weighted by Crippen LogP contribution is -2.29. The van der Waals surface area contributed by atoms with E-state index in [1.807, 2.05) is 78.9 Å². The van der Waals surface area contributed by atoms with Gasteiger partial charge in [0.15, 0.2) is 0 Å². The molecule has 38 heavy (non-hydrogen) atoms. The number of benzene rings is 4. The summed E-state index contributed by atoms with van der Waals surface area (Å²) in [6, 6.07) is 30.9. The van der Waals surface area contributed by atoms with E-state index in [4.69, 9.17) is 16.3 Å². The lowest BCUT2D eigenvalue weighted by atomic mass is 9.96. The number of rotatable bonds is 7. The van der Waals surface area contributed by atoms with Gasteiger partial charge in [0.2, 0.25) is 0 Å².